The van der Waals surface area contributed by atoms with E-state index < -0.39 is 21.8 Å². The van der Waals surface area contributed by atoms with Crippen LogP contribution in [0.25, 0.3) is 0 Å². The van der Waals surface area contributed by atoms with Crippen molar-refractivity contribution >= 4 is 50.5 Å². The van der Waals surface area contributed by atoms with Crippen LogP contribution in [0.2, 0.25) is 5.02 Å². The Morgan fingerprint density at radius 2 is 1.70 bits per heavy atom. The number of nitrogens with one attached hydrogen (secondary N) is 2. The summed E-state index contributed by atoms with van der Waals surface area (Å²) in [6, 6.07) is 8.70. The van der Waals surface area contributed by atoms with Gasteiger partial charge in [-0.15, -0.1) is 0 Å². The van der Waals surface area contributed by atoms with Gasteiger partial charge in [-0.25, -0.2) is 8.42 Å². The molecule has 27 heavy (non-hydrogen) atoms. The third-order valence-electron chi connectivity index (χ3n) is 4.00. The van der Waals surface area contributed by atoms with Gasteiger partial charge in [0, 0.05) is 12.1 Å². The standard InChI is InChI=1S/C17H16ClN3O5S/c1-21(14-7-10(18)3-6-15(14)26-2)27(24,25)11-4-5-12-13(8-11)20-17(23)9-16(22)19-12/h3-8H,9H2,1-2H3,(H,19,22)(H,20,23). The molecule has 0 fully saturated rings. The summed E-state index contributed by atoms with van der Waals surface area (Å²) in [7, 11) is -1.19. The van der Waals surface area contributed by atoms with E-state index in [2.05, 4.69) is 10.6 Å². The molecular weight excluding hydrogens is 394 g/mol. The number of rotatable bonds is 4. The van der Waals surface area contributed by atoms with Crippen LogP contribution in [0.15, 0.2) is 41.3 Å². The second-order valence-electron chi connectivity index (χ2n) is 5.77. The Kier molecular flexibility index (Phi) is 4.99. The summed E-state index contributed by atoms with van der Waals surface area (Å²) >= 11 is 5.99. The molecule has 1 heterocycles. The molecule has 0 saturated heterocycles. The summed E-state index contributed by atoms with van der Waals surface area (Å²) in [5, 5.41) is 5.43. The molecule has 10 heteroatoms. The number of nitrogens with zero attached hydrogens (tertiary/aromatic N) is 1. The molecule has 3 rings (SSSR count). The summed E-state index contributed by atoms with van der Waals surface area (Å²) < 4.78 is 32.4. The first-order valence-corrected chi connectivity index (χ1v) is 9.60. The van der Waals surface area contributed by atoms with E-state index in [9.17, 15) is 18.0 Å². The van der Waals surface area contributed by atoms with Gasteiger partial charge in [0.1, 0.15) is 12.2 Å². The molecule has 2 aromatic rings. The van der Waals surface area contributed by atoms with Crippen LogP contribution < -0.4 is 19.7 Å². The zero-order valence-electron chi connectivity index (χ0n) is 14.4. The highest BCUT2D eigenvalue weighted by atomic mass is 35.5. The fraction of sp³-hybridized carbons (Fsp3) is 0.176. The zero-order valence-corrected chi connectivity index (χ0v) is 16.0. The van der Waals surface area contributed by atoms with Gasteiger partial charge in [0.15, 0.2) is 0 Å². The van der Waals surface area contributed by atoms with E-state index in [4.69, 9.17) is 16.3 Å². The molecule has 0 aromatic heterocycles. The molecule has 2 amide bonds. The summed E-state index contributed by atoms with van der Waals surface area (Å²) in [5.74, 6) is -0.658. The average Bonchev–Trinajstić information content (AvgIpc) is 2.76. The van der Waals surface area contributed by atoms with Gasteiger partial charge in [-0.3, -0.25) is 13.9 Å². The van der Waals surface area contributed by atoms with Crippen LogP contribution in [0, 0.1) is 0 Å². The Bertz CT molecular complexity index is 1040. The SMILES string of the molecule is COc1ccc(Cl)cc1N(C)S(=O)(=O)c1ccc2c(c1)NC(=O)CC(=O)N2. The highest BCUT2D eigenvalue weighted by Gasteiger charge is 2.26. The van der Waals surface area contributed by atoms with Crippen LogP contribution in [0.3, 0.4) is 0 Å². The lowest BCUT2D eigenvalue weighted by Crippen LogP contribution is -2.27. The molecule has 0 unspecified atom stereocenters. The monoisotopic (exact) mass is 409 g/mol. The topological polar surface area (TPSA) is 105 Å². The number of methoxy groups -OCH3 is 1. The van der Waals surface area contributed by atoms with Crippen molar-refractivity contribution in [2.75, 3.05) is 29.1 Å². The van der Waals surface area contributed by atoms with Crippen molar-refractivity contribution in [1.29, 1.82) is 0 Å². The van der Waals surface area contributed by atoms with Crippen molar-refractivity contribution in [3.63, 3.8) is 0 Å². The second-order valence-corrected chi connectivity index (χ2v) is 8.17. The van der Waals surface area contributed by atoms with Crippen molar-refractivity contribution in [2.45, 2.75) is 11.3 Å². The Hall–Kier alpha value is -2.78. The van der Waals surface area contributed by atoms with Gasteiger partial charge in [0.05, 0.1) is 29.1 Å². The predicted octanol–water partition coefficient (Wildman–Crippen LogP) is 2.45. The molecule has 2 N–H and O–H groups in total. The van der Waals surface area contributed by atoms with Gasteiger partial charge < -0.3 is 15.4 Å². The number of hydrogen-bond acceptors (Lipinski definition) is 5. The molecule has 1 aliphatic heterocycles. The molecule has 0 atom stereocenters. The molecular formula is C17H16ClN3O5S. The minimum absolute atomic E-state index is 0.0674. The number of fused-ring (bicyclic) bond motifs is 1. The van der Waals surface area contributed by atoms with Crippen molar-refractivity contribution in [3.8, 4) is 5.75 Å². The van der Waals surface area contributed by atoms with E-state index in [0.717, 1.165) is 4.31 Å². The van der Waals surface area contributed by atoms with Crippen LogP contribution in [-0.4, -0.2) is 34.4 Å². The second kappa shape index (κ2) is 7.09. The number of ether oxygens (including phenoxy) is 1. The molecule has 142 valence electrons. The van der Waals surface area contributed by atoms with E-state index in [1.54, 1.807) is 12.1 Å². The Morgan fingerprint density at radius 3 is 2.37 bits per heavy atom. The van der Waals surface area contributed by atoms with E-state index >= 15 is 0 Å². The highest BCUT2D eigenvalue weighted by Crippen LogP contribution is 2.35. The first kappa shape index (κ1) is 19.0. The summed E-state index contributed by atoms with van der Waals surface area (Å²) in [6.07, 6.45) is -0.337. The van der Waals surface area contributed by atoms with Crippen LogP contribution in [0.5, 0.6) is 5.75 Å². The molecule has 0 radical (unpaired) electrons. The van der Waals surface area contributed by atoms with E-state index in [1.807, 2.05) is 0 Å². The normalized spacial score (nSPS) is 13.9. The quantitative estimate of drug-likeness (QED) is 0.754. The van der Waals surface area contributed by atoms with Crippen molar-refractivity contribution in [3.05, 3.63) is 41.4 Å². The highest BCUT2D eigenvalue weighted by molar-refractivity contribution is 7.92. The average molecular weight is 410 g/mol. The Balaban J connectivity index is 2.04. The summed E-state index contributed by atoms with van der Waals surface area (Å²) in [5.41, 5.74) is 0.795. The number of anilines is 3. The molecule has 8 nitrogen and oxygen atoms in total. The van der Waals surface area contributed by atoms with Gasteiger partial charge in [-0.05, 0) is 36.4 Å². The van der Waals surface area contributed by atoms with Crippen molar-refractivity contribution in [1.82, 2.24) is 0 Å². The Labute approximate surface area is 161 Å². The maximum Gasteiger partial charge on any atom is 0.264 e. The van der Waals surface area contributed by atoms with Crippen LogP contribution >= 0.6 is 11.6 Å². The van der Waals surface area contributed by atoms with E-state index in [0.29, 0.717) is 16.5 Å². The van der Waals surface area contributed by atoms with E-state index in [1.165, 1.54) is 38.4 Å². The maximum atomic E-state index is 13.1. The number of hydrogen-bond donors (Lipinski definition) is 2. The molecule has 2 aromatic carbocycles. The largest absolute Gasteiger partial charge is 0.495 e. The molecule has 0 spiro atoms. The minimum Gasteiger partial charge on any atom is -0.495 e. The summed E-state index contributed by atoms with van der Waals surface area (Å²) in [6.45, 7) is 0. The van der Waals surface area contributed by atoms with E-state index in [-0.39, 0.29) is 22.7 Å². The van der Waals surface area contributed by atoms with Crippen LogP contribution in [-0.2, 0) is 19.6 Å². The lowest BCUT2D eigenvalue weighted by Gasteiger charge is -2.22. The molecule has 1 aliphatic rings. The molecule has 0 aliphatic carbocycles. The minimum atomic E-state index is -3.99. The molecule has 0 bridgehead atoms. The van der Waals surface area contributed by atoms with Gasteiger partial charge in [0.25, 0.3) is 10.0 Å². The zero-order chi connectivity index (χ0) is 19.8. The first-order valence-electron chi connectivity index (χ1n) is 7.78. The third kappa shape index (κ3) is 3.69. The third-order valence-corrected chi connectivity index (χ3v) is 6.00. The fourth-order valence-corrected chi connectivity index (χ4v) is 4.02. The first-order chi connectivity index (χ1) is 12.7. The maximum absolute atomic E-state index is 13.1. The number of benzene rings is 2. The van der Waals surface area contributed by atoms with Crippen molar-refractivity contribution < 1.29 is 22.7 Å². The lowest BCUT2D eigenvalue weighted by atomic mass is 10.2. The van der Waals surface area contributed by atoms with Gasteiger partial charge >= 0.3 is 0 Å². The van der Waals surface area contributed by atoms with Crippen LogP contribution in [0.4, 0.5) is 17.1 Å². The predicted molar refractivity (Wildman–Crippen MR) is 102 cm³/mol. The van der Waals surface area contributed by atoms with Gasteiger partial charge in [-0.1, -0.05) is 11.6 Å². The summed E-state index contributed by atoms with van der Waals surface area (Å²) in [4.78, 5) is 23.3. The number of sulfonamides is 1. The van der Waals surface area contributed by atoms with Gasteiger partial charge in [-0.2, -0.15) is 0 Å². The van der Waals surface area contributed by atoms with Crippen LogP contribution in [0.1, 0.15) is 6.42 Å². The fourth-order valence-electron chi connectivity index (χ4n) is 2.63. The van der Waals surface area contributed by atoms with Gasteiger partial charge in [0.2, 0.25) is 11.8 Å². The Morgan fingerprint density at radius 1 is 1.04 bits per heavy atom. The smallest absolute Gasteiger partial charge is 0.264 e. The number of amides is 2. The molecule has 0 saturated carbocycles. The number of halogens is 1. The number of carbonyl (C=O) groups is 2. The number of carbonyl (C=O) groups excluding carboxylic acids is 2. The van der Waals surface area contributed by atoms with Crippen molar-refractivity contribution in [2.24, 2.45) is 0 Å². The lowest BCUT2D eigenvalue weighted by molar-refractivity contribution is -0.123.